The molecule has 1 unspecified atom stereocenters. The summed E-state index contributed by atoms with van der Waals surface area (Å²) in [4.78, 5) is 0. The molecule has 0 spiro atoms. The van der Waals surface area contributed by atoms with Gasteiger partial charge in [-0.25, -0.2) is 4.39 Å². The maximum absolute atomic E-state index is 12.7. The molecule has 90 valence electrons. The summed E-state index contributed by atoms with van der Waals surface area (Å²) >= 11 is 0. The molecule has 1 rings (SSSR count). The molecule has 1 aromatic rings. The highest BCUT2D eigenvalue weighted by Gasteiger charge is 2.18. The normalized spacial score (nSPS) is 16.8. The zero-order valence-electron chi connectivity index (χ0n) is 10.1. The average Bonchev–Trinajstić information content (AvgIpc) is 2.27. The van der Waals surface area contributed by atoms with E-state index < -0.39 is 5.60 Å². The van der Waals surface area contributed by atoms with Crippen LogP contribution in [0.1, 0.15) is 38.8 Å². The minimum Gasteiger partial charge on any atom is -0.389 e. The summed E-state index contributed by atoms with van der Waals surface area (Å²) in [7, 11) is 0. The summed E-state index contributed by atoms with van der Waals surface area (Å²) < 4.78 is 12.7. The van der Waals surface area contributed by atoms with E-state index in [1.165, 1.54) is 12.1 Å². The number of hydrogen-bond donors (Lipinski definition) is 2. The van der Waals surface area contributed by atoms with Crippen molar-refractivity contribution in [3.8, 4) is 0 Å². The molecule has 2 atom stereocenters. The number of halogens is 1. The molecular formula is C13H20FNO. The predicted octanol–water partition coefficient (Wildman–Crippen LogP) is 2.64. The summed E-state index contributed by atoms with van der Waals surface area (Å²) in [6, 6.07) is 6.52. The minimum atomic E-state index is -0.686. The van der Waals surface area contributed by atoms with Crippen LogP contribution in [0.25, 0.3) is 0 Å². The molecule has 0 aliphatic rings. The van der Waals surface area contributed by atoms with Gasteiger partial charge in [-0.05, 0) is 38.0 Å². The van der Waals surface area contributed by atoms with Crippen molar-refractivity contribution >= 4 is 0 Å². The van der Waals surface area contributed by atoms with E-state index in [0.29, 0.717) is 13.0 Å². The number of benzene rings is 1. The van der Waals surface area contributed by atoms with Gasteiger partial charge in [-0.15, -0.1) is 0 Å². The summed E-state index contributed by atoms with van der Waals surface area (Å²) in [6.45, 7) is 6.28. The SMILES string of the molecule is CCC(C)(O)CN[C@@H](C)c1ccc(F)cc1. The smallest absolute Gasteiger partial charge is 0.123 e. The van der Waals surface area contributed by atoms with Crippen molar-refractivity contribution < 1.29 is 9.50 Å². The van der Waals surface area contributed by atoms with E-state index >= 15 is 0 Å². The van der Waals surface area contributed by atoms with Gasteiger partial charge in [-0.3, -0.25) is 0 Å². The third-order valence-corrected chi connectivity index (χ3v) is 2.92. The lowest BCUT2D eigenvalue weighted by Gasteiger charge is -2.24. The lowest BCUT2D eigenvalue weighted by Crippen LogP contribution is -2.38. The monoisotopic (exact) mass is 225 g/mol. The third-order valence-electron chi connectivity index (χ3n) is 2.92. The standard InChI is InChI=1S/C13H20FNO/c1-4-13(3,16)9-15-10(2)11-5-7-12(14)8-6-11/h5-8,10,15-16H,4,9H2,1-3H3/t10-,13?/m0/s1. The van der Waals surface area contributed by atoms with Gasteiger partial charge in [-0.1, -0.05) is 19.1 Å². The maximum Gasteiger partial charge on any atom is 0.123 e. The lowest BCUT2D eigenvalue weighted by molar-refractivity contribution is 0.0533. The molecule has 1 aromatic carbocycles. The van der Waals surface area contributed by atoms with Crippen LogP contribution in [-0.4, -0.2) is 17.3 Å². The van der Waals surface area contributed by atoms with Crippen molar-refractivity contribution in [2.75, 3.05) is 6.54 Å². The fraction of sp³-hybridized carbons (Fsp3) is 0.538. The Labute approximate surface area is 96.5 Å². The van der Waals surface area contributed by atoms with Gasteiger partial charge in [0.2, 0.25) is 0 Å². The number of aliphatic hydroxyl groups is 1. The Morgan fingerprint density at radius 3 is 2.44 bits per heavy atom. The zero-order chi connectivity index (χ0) is 12.2. The van der Waals surface area contributed by atoms with Crippen LogP contribution in [0, 0.1) is 5.82 Å². The van der Waals surface area contributed by atoms with Crippen LogP contribution in [0.5, 0.6) is 0 Å². The maximum atomic E-state index is 12.7. The van der Waals surface area contributed by atoms with Gasteiger partial charge < -0.3 is 10.4 Å². The van der Waals surface area contributed by atoms with Crippen molar-refractivity contribution in [2.24, 2.45) is 0 Å². The van der Waals surface area contributed by atoms with Gasteiger partial charge in [0.25, 0.3) is 0 Å². The van der Waals surface area contributed by atoms with E-state index in [0.717, 1.165) is 5.56 Å². The van der Waals surface area contributed by atoms with E-state index in [1.807, 2.05) is 13.8 Å². The number of nitrogens with one attached hydrogen (secondary N) is 1. The number of rotatable bonds is 5. The Bertz CT molecular complexity index is 321. The quantitative estimate of drug-likeness (QED) is 0.807. The number of hydrogen-bond acceptors (Lipinski definition) is 2. The van der Waals surface area contributed by atoms with Crippen LogP contribution in [0.4, 0.5) is 4.39 Å². The Hall–Kier alpha value is -0.930. The highest BCUT2D eigenvalue weighted by Crippen LogP contribution is 2.14. The molecule has 2 N–H and O–H groups in total. The second-order valence-electron chi connectivity index (χ2n) is 4.50. The Morgan fingerprint density at radius 2 is 1.94 bits per heavy atom. The van der Waals surface area contributed by atoms with Gasteiger partial charge in [0.1, 0.15) is 5.82 Å². The summed E-state index contributed by atoms with van der Waals surface area (Å²) in [5, 5.41) is 13.1. The average molecular weight is 225 g/mol. The molecule has 3 heteroatoms. The summed E-state index contributed by atoms with van der Waals surface area (Å²) in [5.74, 6) is -0.225. The van der Waals surface area contributed by atoms with Crippen LogP contribution in [0.2, 0.25) is 0 Å². The molecule has 0 saturated heterocycles. The minimum absolute atomic E-state index is 0.110. The molecule has 0 aliphatic heterocycles. The van der Waals surface area contributed by atoms with Gasteiger partial charge in [0.05, 0.1) is 5.60 Å². The van der Waals surface area contributed by atoms with E-state index in [-0.39, 0.29) is 11.9 Å². The molecule has 16 heavy (non-hydrogen) atoms. The predicted molar refractivity (Wildman–Crippen MR) is 63.7 cm³/mol. The molecule has 0 bridgehead atoms. The molecular weight excluding hydrogens is 205 g/mol. The van der Waals surface area contributed by atoms with Crippen molar-refractivity contribution in [3.05, 3.63) is 35.6 Å². The van der Waals surface area contributed by atoms with Gasteiger partial charge >= 0.3 is 0 Å². The molecule has 2 nitrogen and oxygen atoms in total. The molecule has 0 aromatic heterocycles. The van der Waals surface area contributed by atoms with E-state index in [4.69, 9.17) is 0 Å². The Balaban J connectivity index is 2.53. The van der Waals surface area contributed by atoms with Crippen molar-refractivity contribution in [3.63, 3.8) is 0 Å². The highest BCUT2D eigenvalue weighted by molar-refractivity contribution is 5.19. The first-order valence-corrected chi connectivity index (χ1v) is 5.66. The highest BCUT2D eigenvalue weighted by atomic mass is 19.1. The Kier molecular flexibility index (Phi) is 4.44. The van der Waals surface area contributed by atoms with Crippen LogP contribution in [0.3, 0.4) is 0 Å². The molecule has 0 aliphatic carbocycles. The zero-order valence-corrected chi connectivity index (χ0v) is 10.1. The molecule has 0 saturated carbocycles. The molecule has 0 fully saturated rings. The molecule has 0 amide bonds. The van der Waals surface area contributed by atoms with Gasteiger partial charge in [0, 0.05) is 12.6 Å². The molecule has 0 radical (unpaired) electrons. The lowest BCUT2D eigenvalue weighted by atomic mass is 10.0. The van der Waals surface area contributed by atoms with Crippen molar-refractivity contribution in [1.82, 2.24) is 5.32 Å². The second-order valence-corrected chi connectivity index (χ2v) is 4.50. The fourth-order valence-electron chi connectivity index (χ4n) is 1.37. The van der Waals surface area contributed by atoms with E-state index in [9.17, 15) is 9.50 Å². The Morgan fingerprint density at radius 1 is 1.38 bits per heavy atom. The third kappa shape index (κ3) is 3.91. The van der Waals surface area contributed by atoms with E-state index in [2.05, 4.69) is 5.32 Å². The van der Waals surface area contributed by atoms with Crippen LogP contribution in [-0.2, 0) is 0 Å². The van der Waals surface area contributed by atoms with E-state index in [1.54, 1.807) is 19.1 Å². The van der Waals surface area contributed by atoms with Crippen LogP contribution in [0.15, 0.2) is 24.3 Å². The van der Waals surface area contributed by atoms with Gasteiger partial charge in [-0.2, -0.15) is 0 Å². The van der Waals surface area contributed by atoms with Crippen molar-refractivity contribution in [1.29, 1.82) is 0 Å². The second kappa shape index (κ2) is 5.41. The summed E-state index contributed by atoms with van der Waals surface area (Å²) in [6.07, 6.45) is 0.705. The largest absolute Gasteiger partial charge is 0.389 e. The van der Waals surface area contributed by atoms with Crippen LogP contribution < -0.4 is 5.32 Å². The fourth-order valence-corrected chi connectivity index (χ4v) is 1.37. The van der Waals surface area contributed by atoms with Crippen LogP contribution >= 0.6 is 0 Å². The molecule has 0 heterocycles. The van der Waals surface area contributed by atoms with Crippen molar-refractivity contribution in [2.45, 2.75) is 38.8 Å². The summed E-state index contributed by atoms with van der Waals surface area (Å²) in [5.41, 5.74) is 0.335. The topological polar surface area (TPSA) is 32.3 Å². The first-order chi connectivity index (χ1) is 7.44. The first kappa shape index (κ1) is 13.1. The van der Waals surface area contributed by atoms with Gasteiger partial charge in [0.15, 0.2) is 0 Å². The first-order valence-electron chi connectivity index (χ1n) is 5.66.